The summed E-state index contributed by atoms with van der Waals surface area (Å²) < 4.78 is 15.1. The standard InChI is InChI=1S/C15H14FN3/c16-13-5-1-3-11(7-13)8-14-10-19-6-2-4-12(9-17)15(19)18-14/h1-7,10H,8-9,17H2. The van der Waals surface area contributed by atoms with E-state index >= 15 is 0 Å². The fraction of sp³-hybridized carbons (Fsp3) is 0.133. The third kappa shape index (κ3) is 2.35. The molecule has 0 aliphatic rings. The van der Waals surface area contributed by atoms with E-state index in [1.54, 1.807) is 6.07 Å². The summed E-state index contributed by atoms with van der Waals surface area (Å²) in [6, 6.07) is 10.5. The maximum absolute atomic E-state index is 13.2. The molecule has 2 aromatic heterocycles. The predicted octanol–water partition coefficient (Wildman–Crippen LogP) is 2.52. The normalized spacial score (nSPS) is 11.1. The van der Waals surface area contributed by atoms with E-state index < -0.39 is 0 Å². The first-order chi connectivity index (χ1) is 9.26. The highest BCUT2D eigenvalue weighted by Crippen LogP contribution is 2.14. The molecule has 0 amide bonds. The lowest BCUT2D eigenvalue weighted by Crippen LogP contribution is -1.99. The third-order valence-corrected chi connectivity index (χ3v) is 3.11. The second kappa shape index (κ2) is 4.82. The van der Waals surface area contributed by atoms with Crippen LogP contribution in [0, 0.1) is 5.82 Å². The molecule has 0 saturated carbocycles. The zero-order valence-electron chi connectivity index (χ0n) is 10.4. The molecule has 0 aliphatic heterocycles. The number of aromatic nitrogens is 2. The number of hydrogen-bond acceptors (Lipinski definition) is 2. The molecule has 2 heterocycles. The summed E-state index contributed by atoms with van der Waals surface area (Å²) in [5.41, 5.74) is 9.40. The van der Waals surface area contributed by atoms with Crippen molar-refractivity contribution in [1.82, 2.24) is 9.38 Å². The minimum atomic E-state index is -0.219. The lowest BCUT2D eigenvalue weighted by Gasteiger charge is -1.98. The Bertz CT molecular complexity index is 718. The van der Waals surface area contributed by atoms with Gasteiger partial charge in [-0.15, -0.1) is 0 Å². The molecule has 0 fully saturated rings. The molecule has 0 unspecified atom stereocenters. The second-order valence-corrected chi connectivity index (χ2v) is 4.51. The number of pyridine rings is 1. The van der Waals surface area contributed by atoms with Crippen LogP contribution in [0.4, 0.5) is 4.39 Å². The van der Waals surface area contributed by atoms with Crippen molar-refractivity contribution in [2.24, 2.45) is 5.73 Å². The summed E-state index contributed by atoms with van der Waals surface area (Å²) in [6.45, 7) is 0.459. The Morgan fingerprint density at radius 2 is 2.11 bits per heavy atom. The lowest BCUT2D eigenvalue weighted by molar-refractivity contribution is 0.626. The minimum Gasteiger partial charge on any atom is -0.326 e. The van der Waals surface area contributed by atoms with Gasteiger partial charge in [0.05, 0.1) is 5.69 Å². The Balaban J connectivity index is 1.98. The average molecular weight is 255 g/mol. The highest BCUT2D eigenvalue weighted by atomic mass is 19.1. The van der Waals surface area contributed by atoms with E-state index in [4.69, 9.17) is 5.73 Å². The maximum atomic E-state index is 13.2. The zero-order valence-corrected chi connectivity index (χ0v) is 10.4. The van der Waals surface area contributed by atoms with Gasteiger partial charge in [0.25, 0.3) is 0 Å². The smallest absolute Gasteiger partial charge is 0.141 e. The number of hydrogen-bond donors (Lipinski definition) is 1. The Morgan fingerprint density at radius 3 is 2.89 bits per heavy atom. The zero-order chi connectivity index (χ0) is 13.2. The van der Waals surface area contributed by atoms with Gasteiger partial charge in [-0.3, -0.25) is 0 Å². The molecule has 0 bridgehead atoms. The second-order valence-electron chi connectivity index (χ2n) is 4.51. The summed E-state index contributed by atoms with van der Waals surface area (Å²) >= 11 is 0. The van der Waals surface area contributed by atoms with Gasteiger partial charge in [0, 0.05) is 30.9 Å². The number of halogens is 1. The van der Waals surface area contributed by atoms with E-state index in [1.807, 2.05) is 35.0 Å². The molecule has 0 aliphatic carbocycles. The number of nitrogens with two attached hydrogens (primary N) is 1. The Kier molecular flexibility index (Phi) is 3.01. The number of imidazole rings is 1. The van der Waals surface area contributed by atoms with Gasteiger partial charge < -0.3 is 10.1 Å². The van der Waals surface area contributed by atoms with Crippen LogP contribution in [0.1, 0.15) is 16.8 Å². The van der Waals surface area contributed by atoms with Crippen molar-refractivity contribution in [3.63, 3.8) is 0 Å². The number of rotatable bonds is 3. The van der Waals surface area contributed by atoms with E-state index in [0.29, 0.717) is 13.0 Å². The van der Waals surface area contributed by atoms with Gasteiger partial charge >= 0.3 is 0 Å². The van der Waals surface area contributed by atoms with E-state index in [9.17, 15) is 4.39 Å². The molecule has 0 spiro atoms. The average Bonchev–Trinajstić information content (AvgIpc) is 2.80. The van der Waals surface area contributed by atoms with Gasteiger partial charge in [-0.1, -0.05) is 18.2 Å². The van der Waals surface area contributed by atoms with Crippen LogP contribution in [0.15, 0.2) is 48.8 Å². The topological polar surface area (TPSA) is 43.3 Å². The van der Waals surface area contributed by atoms with Crippen molar-refractivity contribution in [2.75, 3.05) is 0 Å². The fourth-order valence-corrected chi connectivity index (χ4v) is 2.22. The first-order valence-electron chi connectivity index (χ1n) is 6.16. The monoisotopic (exact) mass is 255 g/mol. The quantitative estimate of drug-likeness (QED) is 0.781. The molecule has 0 atom stereocenters. The number of fused-ring (bicyclic) bond motifs is 1. The maximum Gasteiger partial charge on any atom is 0.141 e. The van der Waals surface area contributed by atoms with Crippen molar-refractivity contribution in [2.45, 2.75) is 13.0 Å². The van der Waals surface area contributed by atoms with Crippen LogP contribution >= 0.6 is 0 Å². The molecule has 3 nitrogen and oxygen atoms in total. The molecule has 4 heteroatoms. The van der Waals surface area contributed by atoms with Crippen LogP contribution in [-0.2, 0) is 13.0 Å². The molecular weight excluding hydrogens is 241 g/mol. The van der Waals surface area contributed by atoms with Crippen LogP contribution in [0.25, 0.3) is 5.65 Å². The molecule has 0 saturated heterocycles. The van der Waals surface area contributed by atoms with Crippen molar-refractivity contribution >= 4 is 5.65 Å². The summed E-state index contributed by atoms with van der Waals surface area (Å²) in [5.74, 6) is -0.219. The lowest BCUT2D eigenvalue weighted by atomic mass is 10.1. The molecule has 3 rings (SSSR count). The Morgan fingerprint density at radius 1 is 1.21 bits per heavy atom. The first-order valence-corrected chi connectivity index (χ1v) is 6.16. The SMILES string of the molecule is NCc1cccn2cc(Cc3cccc(F)c3)nc12. The van der Waals surface area contributed by atoms with Crippen LogP contribution in [0.3, 0.4) is 0 Å². The molecule has 2 N–H and O–H groups in total. The van der Waals surface area contributed by atoms with Crippen molar-refractivity contribution in [3.05, 3.63) is 71.4 Å². The predicted molar refractivity (Wildman–Crippen MR) is 72.3 cm³/mol. The van der Waals surface area contributed by atoms with Crippen LogP contribution in [0.2, 0.25) is 0 Å². The molecule has 0 radical (unpaired) electrons. The number of nitrogens with zero attached hydrogens (tertiary/aromatic N) is 2. The van der Waals surface area contributed by atoms with Gasteiger partial charge in [0.15, 0.2) is 0 Å². The van der Waals surface area contributed by atoms with Gasteiger partial charge in [-0.2, -0.15) is 0 Å². The van der Waals surface area contributed by atoms with Crippen molar-refractivity contribution < 1.29 is 4.39 Å². The Hall–Kier alpha value is -2.20. The molecule has 19 heavy (non-hydrogen) atoms. The highest BCUT2D eigenvalue weighted by molar-refractivity contribution is 5.49. The molecule has 3 aromatic rings. The van der Waals surface area contributed by atoms with Gasteiger partial charge in [-0.05, 0) is 23.8 Å². The van der Waals surface area contributed by atoms with E-state index in [0.717, 1.165) is 22.5 Å². The van der Waals surface area contributed by atoms with Crippen LogP contribution < -0.4 is 5.73 Å². The summed E-state index contributed by atoms with van der Waals surface area (Å²) in [5, 5.41) is 0. The van der Waals surface area contributed by atoms with Crippen molar-refractivity contribution in [3.8, 4) is 0 Å². The van der Waals surface area contributed by atoms with Gasteiger partial charge in [0.1, 0.15) is 11.5 Å². The van der Waals surface area contributed by atoms with E-state index in [2.05, 4.69) is 4.98 Å². The van der Waals surface area contributed by atoms with Gasteiger partial charge in [-0.25, -0.2) is 9.37 Å². The van der Waals surface area contributed by atoms with E-state index in [1.165, 1.54) is 12.1 Å². The van der Waals surface area contributed by atoms with Gasteiger partial charge in [0.2, 0.25) is 0 Å². The molecule has 1 aromatic carbocycles. The summed E-state index contributed by atoms with van der Waals surface area (Å²) in [7, 11) is 0. The number of benzene rings is 1. The first kappa shape index (κ1) is 11.9. The largest absolute Gasteiger partial charge is 0.326 e. The van der Waals surface area contributed by atoms with E-state index in [-0.39, 0.29) is 5.82 Å². The molecular formula is C15H14FN3. The molecule has 96 valence electrons. The summed E-state index contributed by atoms with van der Waals surface area (Å²) in [6.07, 6.45) is 4.51. The highest BCUT2D eigenvalue weighted by Gasteiger charge is 2.06. The minimum absolute atomic E-state index is 0.219. The fourth-order valence-electron chi connectivity index (χ4n) is 2.22. The van der Waals surface area contributed by atoms with Crippen LogP contribution in [0.5, 0.6) is 0 Å². The van der Waals surface area contributed by atoms with Crippen LogP contribution in [-0.4, -0.2) is 9.38 Å². The van der Waals surface area contributed by atoms with Crippen molar-refractivity contribution in [1.29, 1.82) is 0 Å². The third-order valence-electron chi connectivity index (χ3n) is 3.11. The summed E-state index contributed by atoms with van der Waals surface area (Å²) in [4.78, 5) is 4.57. The Labute approximate surface area is 110 Å².